The van der Waals surface area contributed by atoms with Gasteiger partial charge in [0.2, 0.25) is 0 Å². The molecule has 1 fully saturated rings. The average Bonchev–Trinajstić information content (AvgIpc) is 2.94. The molecule has 1 saturated heterocycles. The predicted octanol–water partition coefficient (Wildman–Crippen LogP) is 0.344. The van der Waals surface area contributed by atoms with Crippen molar-refractivity contribution in [2.75, 3.05) is 17.8 Å². The van der Waals surface area contributed by atoms with Crippen LogP contribution in [-0.4, -0.2) is 46.0 Å². The van der Waals surface area contributed by atoms with E-state index >= 15 is 0 Å². The van der Waals surface area contributed by atoms with Crippen LogP contribution in [0.15, 0.2) is 29.1 Å². The summed E-state index contributed by atoms with van der Waals surface area (Å²) >= 11 is 0. The first-order valence-electron chi connectivity index (χ1n) is 7.34. The number of hydrogen-bond donors (Lipinski definition) is 2. The first-order chi connectivity index (χ1) is 11.0. The lowest BCUT2D eigenvalue weighted by Gasteiger charge is -2.30. The SMILES string of the molecule is C[C@H]1CCCN(S(=O)(=O)Nc2ccc(-n3nn[nH]c3=O)cc2)C1. The lowest BCUT2D eigenvalue weighted by molar-refractivity contribution is 0.282. The van der Waals surface area contributed by atoms with Crippen LogP contribution >= 0.6 is 0 Å². The van der Waals surface area contributed by atoms with E-state index in [1.54, 1.807) is 24.3 Å². The van der Waals surface area contributed by atoms with Crippen LogP contribution in [0.1, 0.15) is 19.8 Å². The summed E-state index contributed by atoms with van der Waals surface area (Å²) < 4.78 is 29.9. The Balaban J connectivity index is 1.75. The van der Waals surface area contributed by atoms with Gasteiger partial charge in [-0.05, 0) is 53.5 Å². The molecule has 1 aliphatic rings. The molecule has 0 bridgehead atoms. The molecule has 0 saturated carbocycles. The Hall–Kier alpha value is -2.20. The first-order valence-corrected chi connectivity index (χ1v) is 8.78. The summed E-state index contributed by atoms with van der Waals surface area (Å²) in [5, 5.41) is 9.22. The fraction of sp³-hybridized carbons (Fsp3) is 0.462. The van der Waals surface area contributed by atoms with E-state index < -0.39 is 15.9 Å². The van der Waals surface area contributed by atoms with Gasteiger partial charge in [0.15, 0.2) is 0 Å². The summed E-state index contributed by atoms with van der Waals surface area (Å²) in [7, 11) is -3.56. The van der Waals surface area contributed by atoms with Gasteiger partial charge in [-0.15, -0.1) is 0 Å². The fourth-order valence-electron chi connectivity index (χ4n) is 2.62. The van der Waals surface area contributed by atoms with Gasteiger partial charge in [-0.3, -0.25) is 4.72 Å². The van der Waals surface area contributed by atoms with Crippen LogP contribution < -0.4 is 10.4 Å². The Bertz CT molecular complexity index is 826. The van der Waals surface area contributed by atoms with Crippen molar-refractivity contribution in [3.8, 4) is 5.69 Å². The summed E-state index contributed by atoms with van der Waals surface area (Å²) in [4.78, 5) is 11.4. The fourth-order valence-corrected chi connectivity index (χ4v) is 4.00. The summed E-state index contributed by atoms with van der Waals surface area (Å²) in [5.74, 6) is 0.363. The van der Waals surface area contributed by atoms with Gasteiger partial charge in [-0.2, -0.15) is 17.4 Å². The molecule has 1 aliphatic heterocycles. The zero-order valence-corrected chi connectivity index (χ0v) is 13.5. The van der Waals surface area contributed by atoms with Crippen LogP contribution in [0.5, 0.6) is 0 Å². The molecule has 1 atom stereocenters. The Morgan fingerprint density at radius 1 is 1.30 bits per heavy atom. The van der Waals surface area contributed by atoms with E-state index in [-0.39, 0.29) is 0 Å². The zero-order valence-electron chi connectivity index (χ0n) is 12.6. The Morgan fingerprint density at radius 3 is 2.65 bits per heavy atom. The maximum absolute atomic E-state index is 12.4. The minimum atomic E-state index is -3.56. The van der Waals surface area contributed by atoms with E-state index in [4.69, 9.17) is 0 Å². The van der Waals surface area contributed by atoms with Crippen molar-refractivity contribution in [3.05, 3.63) is 34.7 Å². The highest BCUT2D eigenvalue weighted by atomic mass is 32.2. The normalized spacial score (nSPS) is 19.6. The molecule has 0 aliphatic carbocycles. The molecule has 0 amide bonds. The third kappa shape index (κ3) is 3.42. The molecule has 2 heterocycles. The van der Waals surface area contributed by atoms with Crippen LogP contribution in [-0.2, 0) is 10.2 Å². The summed E-state index contributed by atoms with van der Waals surface area (Å²) in [6, 6.07) is 6.37. The number of tetrazole rings is 1. The smallest absolute Gasteiger partial charge is 0.271 e. The number of rotatable bonds is 4. The van der Waals surface area contributed by atoms with Crippen LogP contribution in [0.4, 0.5) is 5.69 Å². The monoisotopic (exact) mass is 338 g/mol. The minimum absolute atomic E-state index is 0.363. The molecule has 1 aromatic carbocycles. The molecule has 10 heteroatoms. The molecule has 2 N–H and O–H groups in total. The molecule has 23 heavy (non-hydrogen) atoms. The largest absolute Gasteiger partial charge is 0.365 e. The van der Waals surface area contributed by atoms with Crippen molar-refractivity contribution in [2.45, 2.75) is 19.8 Å². The third-order valence-corrected chi connectivity index (χ3v) is 5.30. The molecule has 1 aromatic heterocycles. The first kappa shape index (κ1) is 15.7. The van der Waals surface area contributed by atoms with Crippen LogP contribution in [0.3, 0.4) is 0 Å². The maximum Gasteiger partial charge on any atom is 0.365 e. The number of anilines is 1. The van der Waals surface area contributed by atoms with Gasteiger partial charge in [0.1, 0.15) is 0 Å². The molecule has 124 valence electrons. The van der Waals surface area contributed by atoms with E-state index in [9.17, 15) is 13.2 Å². The molecular weight excluding hydrogens is 320 g/mol. The molecule has 2 aromatic rings. The topological polar surface area (TPSA) is 113 Å². The van der Waals surface area contributed by atoms with Gasteiger partial charge in [-0.25, -0.2) is 9.89 Å². The Labute approximate surface area is 133 Å². The lowest BCUT2D eigenvalue weighted by atomic mass is 10.0. The minimum Gasteiger partial charge on any atom is -0.271 e. The zero-order chi connectivity index (χ0) is 16.4. The van der Waals surface area contributed by atoms with Gasteiger partial charge >= 0.3 is 15.9 Å². The molecule has 0 spiro atoms. The highest BCUT2D eigenvalue weighted by Crippen LogP contribution is 2.20. The van der Waals surface area contributed by atoms with E-state index in [0.717, 1.165) is 17.5 Å². The number of aromatic nitrogens is 4. The third-order valence-electron chi connectivity index (χ3n) is 3.79. The number of piperidine rings is 1. The molecule has 3 rings (SSSR count). The van der Waals surface area contributed by atoms with Crippen molar-refractivity contribution < 1.29 is 8.42 Å². The number of benzene rings is 1. The highest BCUT2D eigenvalue weighted by Gasteiger charge is 2.26. The van der Waals surface area contributed by atoms with Crippen molar-refractivity contribution in [1.29, 1.82) is 0 Å². The summed E-state index contributed by atoms with van der Waals surface area (Å²) in [5.41, 5.74) is 0.474. The van der Waals surface area contributed by atoms with Crippen molar-refractivity contribution in [2.24, 2.45) is 5.92 Å². The van der Waals surface area contributed by atoms with Crippen molar-refractivity contribution >= 4 is 15.9 Å². The van der Waals surface area contributed by atoms with Crippen LogP contribution in [0, 0.1) is 5.92 Å². The molecule has 9 nitrogen and oxygen atoms in total. The summed E-state index contributed by atoms with van der Waals surface area (Å²) in [6.45, 7) is 3.11. The van der Waals surface area contributed by atoms with E-state index in [1.165, 1.54) is 4.31 Å². The maximum atomic E-state index is 12.4. The highest BCUT2D eigenvalue weighted by molar-refractivity contribution is 7.90. The summed E-state index contributed by atoms with van der Waals surface area (Å²) in [6.07, 6.45) is 1.92. The van der Waals surface area contributed by atoms with Gasteiger partial charge in [0, 0.05) is 18.8 Å². The van der Waals surface area contributed by atoms with E-state index in [1.807, 2.05) is 6.92 Å². The molecule has 0 unspecified atom stereocenters. The van der Waals surface area contributed by atoms with Crippen LogP contribution in [0.2, 0.25) is 0 Å². The molecule has 0 radical (unpaired) electrons. The van der Waals surface area contributed by atoms with Crippen molar-refractivity contribution in [3.63, 3.8) is 0 Å². The number of nitrogens with zero attached hydrogens (tertiary/aromatic N) is 4. The number of nitrogens with one attached hydrogen (secondary N) is 2. The van der Waals surface area contributed by atoms with Gasteiger partial charge in [0.25, 0.3) is 0 Å². The second-order valence-corrected chi connectivity index (χ2v) is 7.35. The van der Waals surface area contributed by atoms with Crippen LogP contribution in [0.25, 0.3) is 5.69 Å². The second kappa shape index (κ2) is 6.13. The predicted molar refractivity (Wildman–Crippen MR) is 84.5 cm³/mol. The van der Waals surface area contributed by atoms with E-state index in [0.29, 0.717) is 30.4 Å². The lowest BCUT2D eigenvalue weighted by Crippen LogP contribution is -2.42. The van der Waals surface area contributed by atoms with Gasteiger partial charge < -0.3 is 0 Å². The standard InChI is InChI=1S/C13H18N6O3S/c1-10-3-2-8-18(9-10)23(21,22)15-11-4-6-12(7-5-11)19-13(20)14-16-17-19/h4-7,10,15H,2-3,8-9H2,1H3,(H,14,17,20)/t10-/m0/s1. The van der Waals surface area contributed by atoms with Gasteiger partial charge in [-0.1, -0.05) is 6.92 Å². The second-order valence-electron chi connectivity index (χ2n) is 5.68. The quantitative estimate of drug-likeness (QED) is 0.835. The number of aromatic amines is 1. The number of H-pyrrole nitrogens is 1. The van der Waals surface area contributed by atoms with Gasteiger partial charge in [0.05, 0.1) is 5.69 Å². The Morgan fingerprint density at radius 2 is 2.04 bits per heavy atom. The average molecular weight is 338 g/mol. The number of hydrogen-bond acceptors (Lipinski definition) is 5. The Kier molecular flexibility index (Phi) is 4.18. The van der Waals surface area contributed by atoms with E-state index in [2.05, 4.69) is 20.2 Å². The van der Waals surface area contributed by atoms with Crippen molar-refractivity contribution in [1.82, 2.24) is 24.5 Å². The molecular formula is C13H18N6O3S.